The first-order valence-electron chi connectivity index (χ1n) is 10.1. The minimum atomic E-state index is -4.43. The predicted octanol–water partition coefficient (Wildman–Crippen LogP) is 4.30. The van der Waals surface area contributed by atoms with Crippen LogP contribution in [0.2, 0.25) is 0 Å². The fraction of sp³-hybridized carbons (Fsp3) is 0.476. The van der Waals surface area contributed by atoms with E-state index in [-0.39, 0.29) is 0 Å². The summed E-state index contributed by atoms with van der Waals surface area (Å²) < 4.78 is 45.2. The van der Waals surface area contributed by atoms with Crippen LogP contribution in [0.3, 0.4) is 0 Å². The van der Waals surface area contributed by atoms with Gasteiger partial charge in [-0.05, 0) is 31.0 Å². The maximum Gasteiger partial charge on any atom is 0.416 e. The Hall–Kier alpha value is -2.68. The fourth-order valence-electron chi connectivity index (χ4n) is 3.66. The van der Waals surface area contributed by atoms with Gasteiger partial charge in [0.15, 0.2) is 0 Å². The third-order valence-electron chi connectivity index (χ3n) is 5.06. The van der Waals surface area contributed by atoms with Gasteiger partial charge in [-0.2, -0.15) is 18.2 Å². The largest absolute Gasteiger partial charge is 0.416 e. The second-order valence-corrected chi connectivity index (χ2v) is 7.94. The van der Waals surface area contributed by atoms with Crippen LogP contribution >= 0.6 is 0 Å². The van der Waals surface area contributed by atoms with E-state index in [2.05, 4.69) is 34.2 Å². The lowest BCUT2D eigenvalue weighted by Crippen LogP contribution is -2.29. The second-order valence-electron chi connectivity index (χ2n) is 7.94. The smallest absolute Gasteiger partial charge is 0.354 e. The number of aromatic nitrogens is 3. The van der Waals surface area contributed by atoms with Gasteiger partial charge >= 0.3 is 6.18 Å². The maximum atomic E-state index is 13.2. The molecule has 4 rings (SSSR count). The van der Waals surface area contributed by atoms with Crippen molar-refractivity contribution in [2.45, 2.75) is 32.9 Å². The molecule has 1 N–H and O–H groups in total. The number of hydrogen-bond donors (Lipinski definition) is 1. The second kappa shape index (κ2) is 8.22. The van der Waals surface area contributed by atoms with E-state index in [4.69, 9.17) is 9.51 Å². The number of fused-ring (bicyclic) bond motifs is 1. The highest BCUT2D eigenvalue weighted by atomic mass is 19.4. The molecule has 0 amide bonds. The van der Waals surface area contributed by atoms with Gasteiger partial charge < -0.3 is 14.7 Å². The van der Waals surface area contributed by atoms with Crippen LogP contribution < -0.4 is 10.2 Å². The molecule has 160 valence electrons. The summed E-state index contributed by atoms with van der Waals surface area (Å²) in [6.07, 6.45) is -2.82. The van der Waals surface area contributed by atoms with Crippen molar-refractivity contribution < 1.29 is 17.7 Å². The number of benzene rings is 1. The molecule has 30 heavy (non-hydrogen) atoms. The van der Waals surface area contributed by atoms with Gasteiger partial charge in [0.05, 0.1) is 5.56 Å². The van der Waals surface area contributed by atoms with Crippen molar-refractivity contribution in [3.05, 3.63) is 35.7 Å². The molecule has 1 aromatic carbocycles. The summed E-state index contributed by atoms with van der Waals surface area (Å²) in [6, 6.07) is 5.11. The zero-order valence-corrected chi connectivity index (χ0v) is 17.0. The SMILES string of the molecule is CC(C)Cc1nc(N2CCCNCC2)c2c(-c3cccc(C(F)(F)F)c3)noc2n1. The summed E-state index contributed by atoms with van der Waals surface area (Å²) in [5.74, 6) is 1.68. The van der Waals surface area contributed by atoms with Crippen molar-refractivity contribution in [2.75, 3.05) is 31.1 Å². The Balaban J connectivity index is 1.88. The third kappa shape index (κ3) is 4.26. The molecule has 1 aliphatic rings. The average molecular weight is 419 g/mol. The van der Waals surface area contributed by atoms with Crippen LogP contribution in [0.5, 0.6) is 0 Å². The molecule has 0 spiro atoms. The number of hydrogen-bond acceptors (Lipinski definition) is 6. The molecule has 1 fully saturated rings. The van der Waals surface area contributed by atoms with E-state index in [1.807, 2.05) is 0 Å². The van der Waals surface area contributed by atoms with E-state index < -0.39 is 11.7 Å². The van der Waals surface area contributed by atoms with Gasteiger partial charge in [-0.3, -0.25) is 0 Å². The Morgan fingerprint density at radius 1 is 1.17 bits per heavy atom. The Morgan fingerprint density at radius 3 is 2.77 bits per heavy atom. The Bertz CT molecular complexity index is 1020. The summed E-state index contributed by atoms with van der Waals surface area (Å²) in [5.41, 5.74) is 0.242. The summed E-state index contributed by atoms with van der Waals surface area (Å²) >= 11 is 0. The lowest BCUT2D eigenvalue weighted by Gasteiger charge is -2.22. The first-order valence-corrected chi connectivity index (χ1v) is 10.1. The zero-order valence-electron chi connectivity index (χ0n) is 17.0. The summed E-state index contributed by atoms with van der Waals surface area (Å²) in [4.78, 5) is 11.4. The van der Waals surface area contributed by atoms with Crippen molar-refractivity contribution in [2.24, 2.45) is 5.92 Å². The molecule has 1 saturated heterocycles. The van der Waals surface area contributed by atoms with Gasteiger partial charge in [-0.25, -0.2) is 4.98 Å². The first kappa shape index (κ1) is 20.6. The molecule has 0 unspecified atom stereocenters. The van der Waals surface area contributed by atoms with Crippen LogP contribution in [0.4, 0.5) is 19.0 Å². The predicted molar refractivity (Wildman–Crippen MR) is 108 cm³/mol. The lowest BCUT2D eigenvalue weighted by atomic mass is 10.1. The van der Waals surface area contributed by atoms with Crippen LogP contribution in [-0.4, -0.2) is 41.3 Å². The van der Waals surface area contributed by atoms with Crippen LogP contribution in [0.15, 0.2) is 28.8 Å². The molecular formula is C21H24F3N5O. The van der Waals surface area contributed by atoms with Crippen LogP contribution in [0, 0.1) is 5.92 Å². The Kier molecular flexibility index (Phi) is 5.64. The molecule has 0 radical (unpaired) electrons. The minimum absolute atomic E-state index is 0.306. The molecule has 0 aliphatic carbocycles. The van der Waals surface area contributed by atoms with Crippen LogP contribution in [0.25, 0.3) is 22.4 Å². The van der Waals surface area contributed by atoms with Gasteiger partial charge in [0.2, 0.25) is 0 Å². The van der Waals surface area contributed by atoms with Gasteiger partial charge in [-0.1, -0.05) is 31.1 Å². The van der Waals surface area contributed by atoms with E-state index >= 15 is 0 Å². The first-order chi connectivity index (χ1) is 14.3. The van der Waals surface area contributed by atoms with Crippen LogP contribution in [0.1, 0.15) is 31.7 Å². The fourth-order valence-corrected chi connectivity index (χ4v) is 3.66. The quantitative estimate of drug-likeness (QED) is 0.680. The molecule has 0 bridgehead atoms. The van der Waals surface area contributed by atoms with E-state index in [9.17, 15) is 13.2 Å². The Morgan fingerprint density at radius 2 is 2.00 bits per heavy atom. The van der Waals surface area contributed by atoms with Crippen molar-refractivity contribution >= 4 is 16.9 Å². The minimum Gasteiger partial charge on any atom is -0.354 e. The van der Waals surface area contributed by atoms with E-state index in [1.54, 1.807) is 6.07 Å². The van der Waals surface area contributed by atoms with Gasteiger partial charge in [-0.15, -0.1) is 0 Å². The molecular weight excluding hydrogens is 395 g/mol. The number of anilines is 1. The van der Waals surface area contributed by atoms with E-state index in [0.717, 1.165) is 44.7 Å². The van der Waals surface area contributed by atoms with Crippen molar-refractivity contribution in [1.29, 1.82) is 0 Å². The molecule has 0 atom stereocenters. The number of rotatable bonds is 4. The Labute approximate surface area is 172 Å². The van der Waals surface area contributed by atoms with Gasteiger partial charge in [0, 0.05) is 31.6 Å². The third-order valence-corrected chi connectivity index (χ3v) is 5.06. The summed E-state index contributed by atoms with van der Waals surface area (Å²) in [5, 5.41) is 8.02. The maximum absolute atomic E-state index is 13.2. The van der Waals surface area contributed by atoms with Crippen molar-refractivity contribution in [1.82, 2.24) is 20.4 Å². The topological polar surface area (TPSA) is 67.1 Å². The summed E-state index contributed by atoms with van der Waals surface area (Å²) in [6.45, 7) is 7.39. The standard InChI is InChI=1S/C21H24F3N5O/c1-13(2)11-16-26-19(29-9-4-7-25-8-10-29)17-18(28-30-20(17)27-16)14-5-3-6-15(12-14)21(22,23)24/h3,5-6,12-13,25H,4,7-11H2,1-2H3. The van der Waals surface area contributed by atoms with Gasteiger partial charge in [0.25, 0.3) is 5.71 Å². The number of nitrogens with one attached hydrogen (secondary N) is 1. The van der Waals surface area contributed by atoms with Crippen LogP contribution in [-0.2, 0) is 12.6 Å². The average Bonchev–Trinajstić information content (AvgIpc) is 2.92. The number of nitrogens with zero attached hydrogens (tertiary/aromatic N) is 4. The highest BCUT2D eigenvalue weighted by Crippen LogP contribution is 2.37. The van der Waals surface area contributed by atoms with E-state index in [1.165, 1.54) is 6.07 Å². The van der Waals surface area contributed by atoms with E-state index in [0.29, 0.717) is 46.3 Å². The lowest BCUT2D eigenvalue weighted by molar-refractivity contribution is -0.137. The molecule has 6 nitrogen and oxygen atoms in total. The molecule has 3 aromatic rings. The number of alkyl halides is 3. The summed E-state index contributed by atoms with van der Waals surface area (Å²) in [7, 11) is 0. The highest BCUT2D eigenvalue weighted by molar-refractivity contribution is 5.98. The molecule has 3 heterocycles. The molecule has 9 heteroatoms. The van der Waals surface area contributed by atoms with Gasteiger partial charge in [0.1, 0.15) is 22.7 Å². The number of halogens is 3. The highest BCUT2D eigenvalue weighted by Gasteiger charge is 2.31. The van der Waals surface area contributed by atoms with Crippen molar-refractivity contribution in [3.8, 4) is 11.3 Å². The zero-order chi connectivity index (χ0) is 21.3. The molecule has 2 aromatic heterocycles. The van der Waals surface area contributed by atoms with Crippen molar-refractivity contribution in [3.63, 3.8) is 0 Å². The molecule has 1 aliphatic heterocycles. The monoisotopic (exact) mass is 419 g/mol. The normalized spacial score (nSPS) is 15.7. The molecule has 0 saturated carbocycles.